The number of ether oxygens (including phenoxy) is 1. The fourth-order valence-corrected chi connectivity index (χ4v) is 1.89. The Hall–Kier alpha value is -2.04. The van der Waals surface area contributed by atoms with Gasteiger partial charge < -0.3 is 10.1 Å². The molecule has 1 aliphatic rings. The van der Waals surface area contributed by atoms with Crippen LogP contribution in [0.5, 0.6) is 5.75 Å². The summed E-state index contributed by atoms with van der Waals surface area (Å²) in [5.74, 6) is 0.395. The maximum atomic E-state index is 11.7. The number of hydrogen-bond acceptors (Lipinski definition) is 3. The summed E-state index contributed by atoms with van der Waals surface area (Å²) < 4.78 is 5.52. The minimum atomic E-state index is -1.01. The van der Waals surface area contributed by atoms with E-state index in [0.717, 1.165) is 11.3 Å². The molecular formula is C13H16N2O3. The van der Waals surface area contributed by atoms with E-state index in [0.29, 0.717) is 0 Å². The lowest BCUT2D eigenvalue weighted by atomic mass is 9.92. The molecule has 1 atom stereocenters. The Morgan fingerprint density at radius 3 is 2.22 bits per heavy atom. The van der Waals surface area contributed by atoms with Gasteiger partial charge in [-0.1, -0.05) is 12.1 Å². The van der Waals surface area contributed by atoms with Crippen molar-refractivity contribution in [3.8, 4) is 5.75 Å². The summed E-state index contributed by atoms with van der Waals surface area (Å²) in [5, 5.41) is 4.85. The average Bonchev–Trinajstić information content (AvgIpc) is 2.53. The number of amides is 3. The highest BCUT2D eigenvalue weighted by Gasteiger charge is 2.43. The van der Waals surface area contributed by atoms with Gasteiger partial charge in [0.05, 0.1) is 6.10 Å². The van der Waals surface area contributed by atoms with Crippen molar-refractivity contribution in [1.82, 2.24) is 10.6 Å². The molecule has 5 heteroatoms. The molecule has 0 bridgehead atoms. The SMILES string of the molecule is CC(C)Oc1ccc([C@@]2(C)NC(=O)NC2=O)cc1. The van der Waals surface area contributed by atoms with Gasteiger partial charge in [-0.05, 0) is 38.5 Å². The first-order valence-electron chi connectivity index (χ1n) is 5.82. The Morgan fingerprint density at radius 2 is 1.78 bits per heavy atom. The van der Waals surface area contributed by atoms with Crippen LogP contribution in [0.3, 0.4) is 0 Å². The fraction of sp³-hybridized carbons (Fsp3) is 0.385. The van der Waals surface area contributed by atoms with Crippen LogP contribution >= 0.6 is 0 Å². The number of carbonyl (C=O) groups excluding carboxylic acids is 2. The van der Waals surface area contributed by atoms with Crippen molar-refractivity contribution in [2.75, 3.05) is 0 Å². The number of nitrogens with one attached hydrogen (secondary N) is 2. The quantitative estimate of drug-likeness (QED) is 0.797. The number of carbonyl (C=O) groups is 2. The molecular weight excluding hydrogens is 232 g/mol. The molecule has 3 amide bonds. The molecule has 1 saturated heterocycles. The first kappa shape index (κ1) is 12.4. The minimum absolute atomic E-state index is 0.0981. The molecule has 1 fully saturated rings. The van der Waals surface area contributed by atoms with Gasteiger partial charge in [0.25, 0.3) is 5.91 Å². The van der Waals surface area contributed by atoms with E-state index >= 15 is 0 Å². The zero-order chi connectivity index (χ0) is 13.3. The molecule has 18 heavy (non-hydrogen) atoms. The summed E-state index contributed by atoms with van der Waals surface area (Å²) >= 11 is 0. The molecule has 5 nitrogen and oxygen atoms in total. The van der Waals surface area contributed by atoms with Crippen molar-refractivity contribution < 1.29 is 14.3 Å². The molecule has 0 radical (unpaired) electrons. The molecule has 0 aromatic heterocycles. The third kappa shape index (κ3) is 2.16. The van der Waals surface area contributed by atoms with Crippen molar-refractivity contribution in [3.63, 3.8) is 0 Å². The predicted molar refractivity (Wildman–Crippen MR) is 66.2 cm³/mol. The lowest BCUT2D eigenvalue weighted by molar-refractivity contribution is -0.123. The summed E-state index contributed by atoms with van der Waals surface area (Å²) in [6.45, 7) is 5.56. The number of benzene rings is 1. The highest BCUT2D eigenvalue weighted by molar-refractivity contribution is 6.07. The molecule has 1 aliphatic heterocycles. The molecule has 1 aromatic carbocycles. The van der Waals surface area contributed by atoms with Crippen LogP contribution in [0.2, 0.25) is 0 Å². The van der Waals surface area contributed by atoms with Crippen molar-refractivity contribution >= 4 is 11.9 Å². The number of rotatable bonds is 3. The van der Waals surface area contributed by atoms with Crippen LogP contribution in [0.15, 0.2) is 24.3 Å². The smallest absolute Gasteiger partial charge is 0.322 e. The normalized spacial score (nSPS) is 22.9. The Bertz CT molecular complexity index is 482. The third-order valence-corrected chi connectivity index (χ3v) is 2.85. The molecule has 0 unspecified atom stereocenters. The molecule has 1 aromatic rings. The standard InChI is InChI=1S/C13H16N2O3/c1-8(2)18-10-6-4-9(5-7-10)13(3)11(16)14-12(17)15-13/h4-8H,1-3H3,(H2,14,15,16,17)/t13-/m1/s1. The van der Waals surface area contributed by atoms with E-state index < -0.39 is 11.6 Å². The second-order valence-corrected chi connectivity index (χ2v) is 4.72. The average molecular weight is 248 g/mol. The van der Waals surface area contributed by atoms with E-state index in [9.17, 15) is 9.59 Å². The Kier molecular flexibility index (Phi) is 2.98. The van der Waals surface area contributed by atoms with Crippen LogP contribution in [0, 0.1) is 0 Å². The van der Waals surface area contributed by atoms with Crippen molar-refractivity contribution in [2.45, 2.75) is 32.4 Å². The van der Waals surface area contributed by atoms with Gasteiger partial charge in [0.2, 0.25) is 0 Å². The van der Waals surface area contributed by atoms with Crippen molar-refractivity contribution in [2.24, 2.45) is 0 Å². The van der Waals surface area contributed by atoms with Crippen LogP contribution < -0.4 is 15.4 Å². The monoisotopic (exact) mass is 248 g/mol. The molecule has 2 rings (SSSR count). The summed E-state index contributed by atoms with van der Waals surface area (Å²) in [5.41, 5.74) is -0.282. The Balaban J connectivity index is 2.24. The highest BCUT2D eigenvalue weighted by atomic mass is 16.5. The lowest BCUT2D eigenvalue weighted by Gasteiger charge is -2.21. The van der Waals surface area contributed by atoms with Crippen LogP contribution in [0.1, 0.15) is 26.3 Å². The summed E-state index contributed by atoms with van der Waals surface area (Å²) in [6, 6.07) is 6.67. The number of imide groups is 1. The van der Waals surface area contributed by atoms with Gasteiger partial charge in [0.1, 0.15) is 11.3 Å². The topological polar surface area (TPSA) is 67.4 Å². The lowest BCUT2D eigenvalue weighted by Crippen LogP contribution is -2.40. The summed E-state index contributed by atoms with van der Waals surface area (Å²) in [4.78, 5) is 22.9. The van der Waals surface area contributed by atoms with Gasteiger partial charge >= 0.3 is 6.03 Å². The third-order valence-electron chi connectivity index (χ3n) is 2.85. The van der Waals surface area contributed by atoms with E-state index in [4.69, 9.17) is 4.74 Å². The highest BCUT2D eigenvalue weighted by Crippen LogP contribution is 2.26. The Labute approximate surface area is 106 Å². The molecule has 96 valence electrons. The van der Waals surface area contributed by atoms with Gasteiger partial charge in [0, 0.05) is 0 Å². The second-order valence-electron chi connectivity index (χ2n) is 4.72. The molecule has 0 aliphatic carbocycles. The fourth-order valence-electron chi connectivity index (χ4n) is 1.89. The van der Waals surface area contributed by atoms with Crippen LogP contribution in [0.4, 0.5) is 4.79 Å². The Morgan fingerprint density at radius 1 is 1.17 bits per heavy atom. The van der Waals surface area contributed by atoms with Gasteiger partial charge in [-0.15, -0.1) is 0 Å². The molecule has 1 heterocycles. The predicted octanol–water partition coefficient (Wildman–Crippen LogP) is 1.53. The van der Waals surface area contributed by atoms with E-state index in [2.05, 4.69) is 10.6 Å². The molecule has 2 N–H and O–H groups in total. The van der Waals surface area contributed by atoms with Crippen molar-refractivity contribution in [1.29, 1.82) is 0 Å². The number of hydrogen-bond donors (Lipinski definition) is 2. The first-order valence-corrected chi connectivity index (χ1v) is 5.82. The van der Waals surface area contributed by atoms with Gasteiger partial charge in [-0.25, -0.2) is 4.79 Å². The van der Waals surface area contributed by atoms with Gasteiger partial charge in [0.15, 0.2) is 0 Å². The minimum Gasteiger partial charge on any atom is -0.491 e. The van der Waals surface area contributed by atoms with E-state index in [1.54, 1.807) is 31.2 Å². The maximum Gasteiger partial charge on any atom is 0.322 e. The van der Waals surface area contributed by atoms with Crippen LogP contribution in [0.25, 0.3) is 0 Å². The maximum absolute atomic E-state index is 11.7. The van der Waals surface area contributed by atoms with Crippen LogP contribution in [-0.4, -0.2) is 18.0 Å². The van der Waals surface area contributed by atoms with E-state index in [1.165, 1.54) is 0 Å². The number of urea groups is 1. The van der Waals surface area contributed by atoms with Gasteiger partial charge in [-0.3, -0.25) is 10.1 Å². The second kappa shape index (κ2) is 4.33. The van der Waals surface area contributed by atoms with Gasteiger partial charge in [-0.2, -0.15) is 0 Å². The molecule has 0 spiro atoms. The largest absolute Gasteiger partial charge is 0.491 e. The zero-order valence-electron chi connectivity index (χ0n) is 10.6. The summed E-state index contributed by atoms with van der Waals surface area (Å²) in [6.07, 6.45) is 0.0981. The van der Waals surface area contributed by atoms with E-state index in [1.807, 2.05) is 13.8 Å². The van der Waals surface area contributed by atoms with Crippen LogP contribution in [-0.2, 0) is 10.3 Å². The van der Waals surface area contributed by atoms with Crippen molar-refractivity contribution in [3.05, 3.63) is 29.8 Å². The van der Waals surface area contributed by atoms with E-state index in [-0.39, 0.29) is 12.0 Å². The molecule has 0 saturated carbocycles. The first-order chi connectivity index (χ1) is 8.41. The summed E-state index contributed by atoms with van der Waals surface area (Å²) in [7, 11) is 0. The zero-order valence-corrected chi connectivity index (χ0v) is 10.6.